The van der Waals surface area contributed by atoms with Crippen molar-refractivity contribution in [2.75, 3.05) is 13.1 Å². The van der Waals surface area contributed by atoms with Crippen molar-refractivity contribution in [1.29, 1.82) is 0 Å². The molecule has 3 rings (SSSR count). The quantitative estimate of drug-likeness (QED) is 0.715. The highest BCUT2D eigenvalue weighted by Crippen LogP contribution is 2.22. The van der Waals surface area contributed by atoms with Crippen LogP contribution in [0.1, 0.15) is 50.5 Å². The molecule has 1 aromatic heterocycles. The maximum Gasteiger partial charge on any atom is 0.405 e. The third-order valence-corrected chi connectivity index (χ3v) is 5.20. The molecule has 1 aromatic carbocycles. The van der Waals surface area contributed by atoms with Gasteiger partial charge in [0.2, 0.25) is 23.5 Å². The van der Waals surface area contributed by atoms with Crippen molar-refractivity contribution in [3.8, 4) is 11.4 Å². The van der Waals surface area contributed by atoms with Crippen LogP contribution in [0, 0.1) is 0 Å². The van der Waals surface area contributed by atoms with Gasteiger partial charge in [0.25, 0.3) is 0 Å². The van der Waals surface area contributed by atoms with Crippen molar-refractivity contribution >= 4 is 11.8 Å². The van der Waals surface area contributed by atoms with Crippen LogP contribution in [0.5, 0.6) is 0 Å². The van der Waals surface area contributed by atoms with E-state index in [1.807, 2.05) is 29.6 Å². The molecule has 2 aromatic rings. The monoisotopic (exact) mass is 438 g/mol. The largest absolute Gasteiger partial charge is 0.405 e. The average molecular weight is 438 g/mol. The number of hydrogen-bond donors (Lipinski definition) is 1. The number of amides is 2. The Morgan fingerprint density at radius 2 is 1.97 bits per heavy atom. The van der Waals surface area contributed by atoms with Crippen molar-refractivity contribution in [3.05, 3.63) is 35.7 Å². The van der Waals surface area contributed by atoms with Gasteiger partial charge >= 0.3 is 6.18 Å². The van der Waals surface area contributed by atoms with E-state index in [0.29, 0.717) is 31.1 Å². The van der Waals surface area contributed by atoms with Crippen LogP contribution < -0.4 is 5.32 Å². The Bertz CT molecular complexity index is 909. The molecule has 0 saturated carbocycles. The summed E-state index contributed by atoms with van der Waals surface area (Å²) in [6.45, 7) is 3.13. The summed E-state index contributed by atoms with van der Waals surface area (Å²) in [4.78, 5) is 30.2. The molecule has 0 aliphatic carbocycles. The van der Waals surface area contributed by atoms with Crippen molar-refractivity contribution in [2.45, 2.75) is 57.7 Å². The molecule has 10 heteroatoms. The second-order valence-electron chi connectivity index (χ2n) is 7.87. The first kappa shape index (κ1) is 22.8. The number of nitrogens with one attached hydrogen (secondary N) is 1. The highest BCUT2D eigenvalue weighted by atomic mass is 19.4. The summed E-state index contributed by atoms with van der Waals surface area (Å²) in [5, 5.41) is 5.80. The molecule has 0 bridgehead atoms. The predicted octanol–water partition coefficient (Wildman–Crippen LogP) is 3.46. The third kappa shape index (κ3) is 6.05. The molecule has 1 aliphatic heterocycles. The summed E-state index contributed by atoms with van der Waals surface area (Å²) in [6.07, 6.45) is -3.38. The molecule has 1 fully saturated rings. The number of aromatic nitrogens is 2. The van der Waals surface area contributed by atoms with E-state index in [1.165, 1.54) is 10.5 Å². The van der Waals surface area contributed by atoms with Gasteiger partial charge in [0.1, 0.15) is 12.6 Å². The van der Waals surface area contributed by atoms with E-state index in [9.17, 15) is 22.8 Å². The van der Waals surface area contributed by atoms with E-state index in [0.717, 1.165) is 5.56 Å². The van der Waals surface area contributed by atoms with Crippen molar-refractivity contribution in [3.63, 3.8) is 0 Å². The molecule has 7 nitrogen and oxygen atoms in total. The lowest BCUT2D eigenvalue weighted by Gasteiger charge is -2.24. The molecular formula is C21H25F3N4O3. The second kappa shape index (κ2) is 9.49. The van der Waals surface area contributed by atoms with Crippen LogP contribution in [0.3, 0.4) is 0 Å². The summed E-state index contributed by atoms with van der Waals surface area (Å²) in [7, 11) is 0. The van der Waals surface area contributed by atoms with Crippen LogP contribution in [0.4, 0.5) is 13.2 Å². The number of halogens is 3. The average Bonchev–Trinajstić information content (AvgIpc) is 3.39. The lowest BCUT2D eigenvalue weighted by Crippen LogP contribution is -2.48. The van der Waals surface area contributed by atoms with Crippen LogP contribution in [-0.4, -0.2) is 52.2 Å². The van der Waals surface area contributed by atoms with E-state index in [1.54, 1.807) is 0 Å². The van der Waals surface area contributed by atoms with Crippen LogP contribution in [0.25, 0.3) is 11.4 Å². The molecular weight excluding hydrogens is 413 g/mol. The van der Waals surface area contributed by atoms with Gasteiger partial charge in [-0.2, -0.15) is 18.2 Å². The topological polar surface area (TPSA) is 88.3 Å². The maximum atomic E-state index is 12.5. The van der Waals surface area contributed by atoms with E-state index in [2.05, 4.69) is 24.0 Å². The van der Waals surface area contributed by atoms with E-state index in [4.69, 9.17) is 4.52 Å². The molecule has 1 saturated heterocycles. The second-order valence-corrected chi connectivity index (χ2v) is 7.87. The van der Waals surface area contributed by atoms with Gasteiger partial charge in [-0.15, -0.1) is 0 Å². The number of nitrogens with zero attached hydrogens (tertiary/aromatic N) is 3. The first-order valence-corrected chi connectivity index (χ1v) is 10.2. The van der Waals surface area contributed by atoms with Gasteiger partial charge in [-0.25, -0.2) is 0 Å². The summed E-state index contributed by atoms with van der Waals surface area (Å²) in [5.41, 5.74) is 1.99. The summed E-state index contributed by atoms with van der Waals surface area (Å²) >= 11 is 0. The smallest absolute Gasteiger partial charge is 0.345 e. The number of carbonyl (C=O) groups is 2. The van der Waals surface area contributed by atoms with E-state index >= 15 is 0 Å². The molecule has 0 spiro atoms. The van der Waals surface area contributed by atoms with Gasteiger partial charge < -0.3 is 14.7 Å². The fourth-order valence-corrected chi connectivity index (χ4v) is 3.49. The minimum absolute atomic E-state index is 0.0248. The number of benzene rings is 1. The Morgan fingerprint density at radius 1 is 1.26 bits per heavy atom. The molecule has 0 radical (unpaired) electrons. The molecule has 2 heterocycles. The Hall–Kier alpha value is -2.91. The van der Waals surface area contributed by atoms with Crippen LogP contribution in [0.15, 0.2) is 28.8 Å². The summed E-state index contributed by atoms with van der Waals surface area (Å²) in [5.74, 6) is 0.00142. The third-order valence-electron chi connectivity index (χ3n) is 5.20. The number of carbonyl (C=O) groups excluding carboxylic acids is 2. The molecule has 1 N–H and O–H groups in total. The van der Waals surface area contributed by atoms with Crippen molar-refractivity contribution < 1.29 is 27.3 Å². The van der Waals surface area contributed by atoms with Crippen LogP contribution in [0.2, 0.25) is 0 Å². The highest BCUT2D eigenvalue weighted by Gasteiger charge is 2.36. The first-order valence-electron chi connectivity index (χ1n) is 10.2. The predicted molar refractivity (Wildman–Crippen MR) is 106 cm³/mol. The standard InChI is InChI=1S/C21H25F3N4O3/c1-13(2)14-5-7-15(8-6-14)19-26-17(31-27-19)9-10-18(29)28-11-3-4-16(28)20(30)25-12-21(22,23)24/h5-8,13,16H,3-4,9-12H2,1-2H3,(H,25,30). The SMILES string of the molecule is CC(C)c1ccc(-c2noc(CCC(=O)N3CCCC3C(=O)NCC(F)(F)F)n2)cc1. The molecule has 31 heavy (non-hydrogen) atoms. The molecule has 1 aliphatic rings. The highest BCUT2D eigenvalue weighted by molar-refractivity contribution is 5.88. The van der Waals surface area contributed by atoms with E-state index in [-0.39, 0.29) is 24.6 Å². The lowest BCUT2D eigenvalue weighted by atomic mass is 10.0. The Balaban J connectivity index is 1.55. The first-order chi connectivity index (χ1) is 14.6. The fraction of sp³-hybridized carbons (Fsp3) is 0.524. The van der Waals surface area contributed by atoms with Crippen LogP contribution >= 0.6 is 0 Å². The zero-order valence-electron chi connectivity index (χ0n) is 17.4. The van der Waals surface area contributed by atoms with Gasteiger partial charge in [-0.3, -0.25) is 9.59 Å². The number of hydrogen-bond acceptors (Lipinski definition) is 5. The zero-order valence-corrected chi connectivity index (χ0v) is 17.4. The molecule has 168 valence electrons. The van der Waals surface area contributed by atoms with Gasteiger partial charge in [0.15, 0.2) is 0 Å². The minimum Gasteiger partial charge on any atom is -0.345 e. The van der Waals surface area contributed by atoms with Gasteiger partial charge in [-0.1, -0.05) is 43.3 Å². The summed E-state index contributed by atoms with van der Waals surface area (Å²) in [6, 6.07) is 6.92. The maximum absolute atomic E-state index is 12.5. The normalized spacial score (nSPS) is 16.7. The Labute approximate surface area is 178 Å². The zero-order chi connectivity index (χ0) is 22.6. The Kier molecular flexibility index (Phi) is 6.97. The molecule has 1 atom stereocenters. The van der Waals surface area contributed by atoms with Gasteiger partial charge in [0.05, 0.1) is 0 Å². The number of aryl methyl sites for hydroxylation is 1. The Morgan fingerprint density at radius 3 is 2.61 bits per heavy atom. The van der Waals surface area contributed by atoms with Crippen LogP contribution in [-0.2, 0) is 16.0 Å². The molecule has 2 amide bonds. The summed E-state index contributed by atoms with van der Waals surface area (Å²) < 4.78 is 42.2. The fourth-order valence-electron chi connectivity index (χ4n) is 3.49. The number of rotatable bonds is 7. The number of alkyl halides is 3. The van der Waals surface area contributed by atoms with Crippen molar-refractivity contribution in [1.82, 2.24) is 20.4 Å². The number of likely N-dealkylation sites (tertiary alicyclic amines) is 1. The molecule has 1 unspecified atom stereocenters. The van der Waals surface area contributed by atoms with Crippen molar-refractivity contribution in [2.24, 2.45) is 0 Å². The minimum atomic E-state index is -4.49. The van der Waals surface area contributed by atoms with Gasteiger partial charge in [0, 0.05) is 24.9 Å². The van der Waals surface area contributed by atoms with E-state index < -0.39 is 24.7 Å². The lowest BCUT2D eigenvalue weighted by molar-refractivity contribution is -0.144. The van der Waals surface area contributed by atoms with Gasteiger partial charge in [-0.05, 0) is 24.3 Å².